The van der Waals surface area contributed by atoms with Crippen molar-refractivity contribution < 1.29 is 9.53 Å². The summed E-state index contributed by atoms with van der Waals surface area (Å²) >= 11 is 0. The molecule has 2 aromatic carbocycles. The zero-order chi connectivity index (χ0) is 22.9. The molecule has 0 saturated heterocycles. The number of amides is 2. The second kappa shape index (κ2) is 8.79. The maximum Gasteiger partial charge on any atom is 0.352 e. The monoisotopic (exact) mass is 422 g/mol. The lowest BCUT2D eigenvalue weighted by Gasteiger charge is -2.24. The first-order chi connectivity index (χ1) is 14.6. The van der Waals surface area contributed by atoms with Gasteiger partial charge in [-0.2, -0.15) is 5.10 Å². The molecule has 1 aromatic heterocycles. The van der Waals surface area contributed by atoms with Crippen LogP contribution in [0.4, 0.5) is 10.5 Å². The van der Waals surface area contributed by atoms with Crippen LogP contribution in [-0.4, -0.2) is 27.9 Å². The molecule has 0 aliphatic heterocycles. The number of urea groups is 1. The summed E-state index contributed by atoms with van der Waals surface area (Å²) in [5.41, 5.74) is 7.66. The summed E-state index contributed by atoms with van der Waals surface area (Å²) in [6, 6.07) is 11.1. The number of nitrogens with zero attached hydrogens (tertiary/aromatic N) is 4. The fourth-order valence-electron chi connectivity index (χ4n) is 3.47. The molecule has 3 rings (SSSR count). The molecule has 2 amide bonds. The van der Waals surface area contributed by atoms with E-state index in [1.807, 2.05) is 49.8 Å². The van der Waals surface area contributed by atoms with E-state index in [1.54, 1.807) is 6.07 Å². The van der Waals surface area contributed by atoms with Crippen LogP contribution >= 0.6 is 0 Å². The maximum absolute atomic E-state index is 12.2. The second-order valence-corrected chi connectivity index (χ2v) is 7.79. The van der Waals surface area contributed by atoms with E-state index in [1.165, 1.54) is 7.05 Å². The van der Waals surface area contributed by atoms with E-state index in [0.717, 1.165) is 55.0 Å². The number of aromatic nitrogens is 2. The van der Waals surface area contributed by atoms with Crippen molar-refractivity contribution in [3.63, 3.8) is 0 Å². The van der Waals surface area contributed by atoms with Gasteiger partial charge in [-0.05, 0) is 68.7 Å². The molecule has 0 aliphatic carbocycles. The van der Waals surface area contributed by atoms with Crippen molar-refractivity contribution in [2.24, 2.45) is 18.7 Å². The third-order valence-electron chi connectivity index (χ3n) is 5.61. The van der Waals surface area contributed by atoms with Crippen LogP contribution in [0.2, 0.25) is 0 Å². The van der Waals surface area contributed by atoms with Crippen LogP contribution in [0.25, 0.3) is 11.3 Å². The van der Waals surface area contributed by atoms with Gasteiger partial charge < -0.3 is 4.74 Å². The molecule has 8 heteroatoms. The number of benzene rings is 2. The van der Waals surface area contributed by atoms with Gasteiger partial charge in [0, 0.05) is 30.9 Å². The van der Waals surface area contributed by atoms with Gasteiger partial charge in [0.15, 0.2) is 0 Å². The highest BCUT2D eigenvalue weighted by Gasteiger charge is 2.19. The van der Waals surface area contributed by atoms with Crippen molar-refractivity contribution in [3.8, 4) is 17.0 Å². The number of ether oxygens (including phenoxy) is 1. The zero-order valence-electron chi connectivity index (χ0n) is 18.9. The highest BCUT2D eigenvalue weighted by Crippen LogP contribution is 2.30. The highest BCUT2D eigenvalue weighted by atomic mass is 16.5. The smallest absolute Gasteiger partial charge is 0.352 e. The number of carbonyl (C=O) groups is 1. The van der Waals surface area contributed by atoms with Gasteiger partial charge >= 0.3 is 6.03 Å². The number of hydrazine groups is 2. The average molecular weight is 423 g/mol. The van der Waals surface area contributed by atoms with E-state index < -0.39 is 6.03 Å². The first-order valence-electron chi connectivity index (χ1n) is 10.0. The van der Waals surface area contributed by atoms with Crippen LogP contribution in [0.5, 0.6) is 5.75 Å². The lowest BCUT2D eigenvalue weighted by atomic mass is 10.0. The summed E-state index contributed by atoms with van der Waals surface area (Å²) in [4.78, 5) is 12.2. The molecular formula is C23H30N6O2. The molecular weight excluding hydrogens is 392 g/mol. The molecule has 0 radical (unpaired) electrons. The normalized spacial score (nSPS) is 10.8. The third-order valence-corrected chi connectivity index (χ3v) is 5.61. The Bertz CT molecular complexity index is 1120. The Morgan fingerprint density at radius 2 is 1.81 bits per heavy atom. The van der Waals surface area contributed by atoms with Crippen LogP contribution < -0.4 is 21.4 Å². The van der Waals surface area contributed by atoms with Crippen molar-refractivity contribution in [2.45, 2.75) is 34.3 Å². The molecule has 164 valence electrons. The van der Waals surface area contributed by atoms with Gasteiger partial charge in [-0.25, -0.2) is 21.5 Å². The van der Waals surface area contributed by atoms with Crippen LogP contribution in [0.1, 0.15) is 27.9 Å². The number of rotatable bonds is 5. The molecule has 0 aliphatic rings. The Morgan fingerprint density at radius 1 is 1.10 bits per heavy atom. The first-order valence-corrected chi connectivity index (χ1v) is 10.0. The summed E-state index contributed by atoms with van der Waals surface area (Å²) in [6.45, 7) is 8.36. The standard InChI is InChI=1S/C23H30N6O2/c1-14-8-7-9-20(29(25)23(30)27(5)24)19(14)13-31-21-11-10-18(12-15(21)2)22-16(3)17(4)28(6)26-22/h7-12H,13,24-25H2,1-6H3. The molecule has 3 aromatic rings. The topological polar surface area (TPSA) is 103 Å². The molecule has 4 N–H and O–H groups in total. The van der Waals surface area contributed by atoms with Gasteiger partial charge in [0.05, 0.1) is 11.4 Å². The molecule has 1 heterocycles. The summed E-state index contributed by atoms with van der Waals surface area (Å²) in [7, 11) is 3.40. The van der Waals surface area contributed by atoms with Crippen molar-refractivity contribution in [3.05, 3.63) is 64.3 Å². The van der Waals surface area contributed by atoms with E-state index in [4.69, 9.17) is 16.4 Å². The minimum absolute atomic E-state index is 0.263. The van der Waals surface area contributed by atoms with Crippen molar-refractivity contribution in [2.75, 3.05) is 12.1 Å². The fourth-order valence-corrected chi connectivity index (χ4v) is 3.47. The Kier molecular flexibility index (Phi) is 6.33. The minimum atomic E-state index is -0.520. The molecule has 0 atom stereocenters. The number of nitrogens with two attached hydrogens (primary N) is 2. The number of anilines is 1. The molecule has 0 saturated carbocycles. The fraction of sp³-hybridized carbons (Fsp3) is 0.304. The van der Waals surface area contributed by atoms with Gasteiger partial charge in [-0.3, -0.25) is 9.69 Å². The number of aryl methyl sites for hydroxylation is 3. The van der Waals surface area contributed by atoms with Gasteiger partial charge in [-0.15, -0.1) is 0 Å². The van der Waals surface area contributed by atoms with Crippen LogP contribution in [0.15, 0.2) is 36.4 Å². The van der Waals surface area contributed by atoms with E-state index in [9.17, 15) is 4.79 Å². The molecule has 0 fully saturated rings. The largest absolute Gasteiger partial charge is 0.489 e. The van der Waals surface area contributed by atoms with Crippen LogP contribution in [-0.2, 0) is 13.7 Å². The summed E-state index contributed by atoms with van der Waals surface area (Å²) in [5.74, 6) is 12.3. The number of hydrogen-bond acceptors (Lipinski definition) is 5. The van der Waals surface area contributed by atoms with Gasteiger partial charge in [0.1, 0.15) is 12.4 Å². The van der Waals surface area contributed by atoms with Gasteiger partial charge in [-0.1, -0.05) is 12.1 Å². The lowest BCUT2D eigenvalue weighted by Crippen LogP contribution is -2.49. The Balaban J connectivity index is 1.85. The predicted molar refractivity (Wildman–Crippen MR) is 122 cm³/mol. The zero-order valence-corrected chi connectivity index (χ0v) is 18.9. The van der Waals surface area contributed by atoms with Gasteiger partial charge in [0.2, 0.25) is 0 Å². The maximum atomic E-state index is 12.2. The van der Waals surface area contributed by atoms with E-state index >= 15 is 0 Å². The van der Waals surface area contributed by atoms with Crippen LogP contribution in [0, 0.1) is 27.7 Å². The summed E-state index contributed by atoms with van der Waals surface area (Å²) in [6.07, 6.45) is 0. The second-order valence-electron chi connectivity index (χ2n) is 7.79. The highest BCUT2D eigenvalue weighted by molar-refractivity contribution is 5.91. The van der Waals surface area contributed by atoms with Crippen molar-refractivity contribution in [1.82, 2.24) is 14.8 Å². The summed E-state index contributed by atoms with van der Waals surface area (Å²) < 4.78 is 8.01. The predicted octanol–water partition coefficient (Wildman–Crippen LogP) is 3.51. The van der Waals surface area contributed by atoms with Crippen molar-refractivity contribution in [1.29, 1.82) is 0 Å². The molecule has 31 heavy (non-hydrogen) atoms. The minimum Gasteiger partial charge on any atom is -0.489 e. The number of hydrogen-bond donors (Lipinski definition) is 2. The van der Waals surface area contributed by atoms with Crippen molar-refractivity contribution >= 4 is 11.7 Å². The Morgan fingerprint density at radius 3 is 2.39 bits per heavy atom. The molecule has 0 spiro atoms. The summed E-state index contributed by atoms with van der Waals surface area (Å²) in [5, 5.41) is 6.61. The van der Waals surface area contributed by atoms with E-state index in [0.29, 0.717) is 5.69 Å². The molecule has 0 bridgehead atoms. The SMILES string of the molecule is Cc1cc(-c2nn(C)c(C)c2C)ccc1OCc1c(C)cccc1N(N)C(=O)N(C)N. The molecule has 0 unspecified atom stereocenters. The number of carbonyl (C=O) groups excluding carboxylic acids is 1. The lowest BCUT2D eigenvalue weighted by molar-refractivity contribution is 0.216. The first kappa shape index (κ1) is 22.3. The van der Waals surface area contributed by atoms with E-state index in [-0.39, 0.29) is 6.61 Å². The Hall–Kier alpha value is -3.36. The van der Waals surface area contributed by atoms with Gasteiger partial charge in [0.25, 0.3) is 0 Å². The quantitative estimate of drug-likeness (QED) is 0.372. The van der Waals surface area contributed by atoms with Crippen LogP contribution in [0.3, 0.4) is 0 Å². The van der Waals surface area contributed by atoms with E-state index in [2.05, 4.69) is 25.0 Å². The third kappa shape index (κ3) is 4.40. The average Bonchev–Trinajstić information content (AvgIpc) is 2.99. The Labute approximate surface area is 182 Å². The molecule has 8 nitrogen and oxygen atoms in total.